The third kappa shape index (κ3) is 11.9. The fourth-order valence-corrected chi connectivity index (χ4v) is 2.60. The third-order valence-electron chi connectivity index (χ3n) is 3.40. The van der Waals surface area contributed by atoms with Crippen LogP contribution >= 0.6 is 23.2 Å². The lowest BCUT2D eigenvalue weighted by molar-refractivity contribution is -0.137. The lowest BCUT2D eigenvalue weighted by Crippen LogP contribution is -2.24. The van der Waals surface area contributed by atoms with Gasteiger partial charge in [-0.05, 0) is 25.7 Å². The Kier molecular flexibility index (Phi) is 9.51. The first-order valence-electron chi connectivity index (χ1n) is 7.11. The SMILES string of the molecule is CCCCCCCCC(CCC(F)(F)F)C(C)(Cl)Cl. The fourth-order valence-electron chi connectivity index (χ4n) is 2.16. The smallest absolute Gasteiger partial charge is 0.171 e. The maximum Gasteiger partial charge on any atom is 0.389 e. The first-order valence-corrected chi connectivity index (χ1v) is 7.87. The van der Waals surface area contributed by atoms with Crippen LogP contribution in [-0.2, 0) is 0 Å². The number of halogens is 5. The minimum Gasteiger partial charge on any atom is -0.171 e. The van der Waals surface area contributed by atoms with Crippen molar-refractivity contribution in [3.8, 4) is 0 Å². The summed E-state index contributed by atoms with van der Waals surface area (Å²) in [7, 11) is 0. The molecule has 0 radical (unpaired) electrons. The zero-order valence-corrected chi connectivity index (χ0v) is 13.3. The molecule has 0 saturated heterocycles. The van der Waals surface area contributed by atoms with Crippen LogP contribution in [0.2, 0.25) is 0 Å². The predicted octanol–water partition coefficient (Wildman–Crippen LogP) is 6.89. The van der Waals surface area contributed by atoms with Gasteiger partial charge in [0.15, 0.2) is 0 Å². The molecular weight excluding hydrogens is 296 g/mol. The summed E-state index contributed by atoms with van der Waals surface area (Å²) < 4.78 is 35.7. The van der Waals surface area contributed by atoms with Crippen molar-refractivity contribution >= 4 is 23.2 Å². The molecule has 116 valence electrons. The van der Waals surface area contributed by atoms with E-state index in [1.807, 2.05) is 0 Å². The van der Waals surface area contributed by atoms with Crippen molar-refractivity contribution < 1.29 is 13.2 Å². The normalized spacial score (nSPS) is 14.7. The van der Waals surface area contributed by atoms with Crippen molar-refractivity contribution in [1.82, 2.24) is 0 Å². The summed E-state index contributed by atoms with van der Waals surface area (Å²) in [6.07, 6.45) is 2.46. The Hall–Kier alpha value is 0.370. The van der Waals surface area contributed by atoms with Gasteiger partial charge in [0.2, 0.25) is 0 Å². The molecule has 19 heavy (non-hydrogen) atoms. The molecule has 5 heteroatoms. The Morgan fingerprint density at radius 1 is 0.895 bits per heavy atom. The fraction of sp³-hybridized carbons (Fsp3) is 1.00. The quantitative estimate of drug-likeness (QED) is 0.303. The van der Waals surface area contributed by atoms with Gasteiger partial charge in [0.1, 0.15) is 4.33 Å². The maximum atomic E-state index is 12.2. The topological polar surface area (TPSA) is 0 Å². The zero-order chi connectivity index (χ0) is 14.9. The number of unbranched alkanes of at least 4 members (excludes halogenated alkanes) is 5. The number of hydrogen-bond donors (Lipinski definition) is 0. The first-order chi connectivity index (χ1) is 8.67. The van der Waals surface area contributed by atoms with E-state index in [1.54, 1.807) is 6.92 Å². The van der Waals surface area contributed by atoms with Gasteiger partial charge in [-0.2, -0.15) is 13.2 Å². The average molecular weight is 321 g/mol. The van der Waals surface area contributed by atoms with Crippen LogP contribution in [0.1, 0.15) is 71.6 Å². The van der Waals surface area contributed by atoms with Crippen LogP contribution in [0.5, 0.6) is 0 Å². The molecule has 0 saturated carbocycles. The second-order valence-corrected chi connectivity index (χ2v) is 7.13. The molecule has 0 bridgehead atoms. The summed E-state index contributed by atoms with van der Waals surface area (Å²) in [6.45, 7) is 3.74. The molecule has 0 aromatic heterocycles. The molecule has 0 aromatic carbocycles. The van der Waals surface area contributed by atoms with Crippen LogP contribution in [-0.4, -0.2) is 10.5 Å². The zero-order valence-electron chi connectivity index (χ0n) is 11.8. The van der Waals surface area contributed by atoms with Gasteiger partial charge >= 0.3 is 6.18 Å². The summed E-state index contributed by atoms with van der Waals surface area (Å²) in [5.74, 6) is -0.288. The van der Waals surface area contributed by atoms with Crippen LogP contribution in [0.15, 0.2) is 0 Å². The molecule has 1 unspecified atom stereocenters. The molecule has 1 atom stereocenters. The Balaban J connectivity index is 3.95. The first kappa shape index (κ1) is 19.4. The van der Waals surface area contributed by atoms with Gasteiger partial charge in [-0.15, -0.1) is 23.2 Å². The molecule has 0 fully saturated rings. The number of rotatable bonds is 10. The summed E-state index contributed by atoms with van der Waals surface area (Å²) in [6, 6.07) is 0. The molecule has 0 aromatic rings. The van der Waals surface area contributed by atoms with Gasteiger partial charge < -0.3 is 0 Å². The lowest BCUT2D eigenvalue weighted by Gasteiger charge is -2.27. The van der Waals surface area contributed by atoms with Gasteiger partial charge in [0.05, 0.1) is 0 Å². The highest BCUT2D eigenvalue weighted by atomic mass is 35.5. The highest BCUT2D eigenvalue weighted by Crippen LogP contribution is 2.38. The largest absolute Gasteiger partial charge is 0.389 e. The van der Waals surface area contributed by atoms with Crippen molar-refractivity contribution in [1.29, 1.82) is 0 Å². The van der Waals surface area contributed by atoms with Gasteiger partial charge in [0, 0.05) is 6.42 Å². The second kappa shape index (κ2) is 9.33. The molecule has 0 aliphatic rings. The third-order valence-corrected chi connectivity index (χ3v) is 4.02. The maximum absolute atomic E-state index is 12.2. The summed E-state index contributed by atoms with van der Waals surface area (Å²) in [5, 5.41) is 0. The van der Waals surface area contributed by atoms with Crippen molar-refractivity contribution in [2.24, 2.45) is 5.92 Å². The molecule has 0 rings (SSSR count). The van der Waals surface area contributed by atoms with Crippen molar-refractivity contribution in [2.75, 3.05) is 0 Å². The summed E-state index contributed by atoms with van der Waals surface area (Å²) >= 11 is 12.0. The molecule has 0 heterocycles. The number of alkyl halides is 5. The molecular formula is C14H25Cl2F3. The van der Waals surface area contributed by atoms with Crippen molar-refractivity contribution in [3.63, 3.8) is 0 Å². The van der Waals surface area contributed by atoms with Gasteiger partial charge in [-0.1, -0.05) is 45.4 Å². The Morgan fingerprint density at radius 3 is 1.89 bits per heavy atom. The van der Waals surface area contributed by atoms with Gasteiger partial charge in [-0.3, -0.25) is 0 Å². The highest BCUT2D eigenvalue weighted by Gasteiger charge is 2.34. The van der Waals surface area contributed by atoms with Crippen molar-refractivity contribution in [3.05, 3.63) is 0 Å². The Bertz CT molecular complexity index is 222. The Morgan fingerprint density at radius 2 is 1.42 bits per heavy atom. The number of hydrogen-bond acceptors (Lipinski definition) is 0. The van der Waals surface area contributed by atoms with Crippen LogP contribution in [0.4, 0.5) is 13.2 Å². The van der Waals surface area contributed by atoms with Crippen LogP contribution in [0.3, 0.4) is 0 Å². The average Bonchev–Trinajstić information content (AvgIpc) is 2.23. The molecule has 0 amide bonds. The van der Waals surface area contributed by atoms with Crippen molar-refractivity contribution in [2.45, 2.75) is 82.1 Å². The van der Waals surface area contributed by atoms with Crippen LogP contribution in [0.25, 0.3) is 0 Å². The van der Waals surface area contributed by atoms with E-state index < -0.39 is 16.9 Å². The minimum absolute atomic E-state index is 0.0158. The second-order valence-electron chi connectivity index (χ2n) is 5.36. The van der Waals surface area contributed by atoms with Gasteiger partial charge in [0.25, 0.3) is 0 Å². The van der Waals surface area contributed by atoms with E-state index in [9.17, 15) is 13.2 Å². The van der Waals surface area contributed by atoms with E-state index in [0.717, 1.165) is 19.3 Å². The molecule has 0 N–H and O–H groups in total. The standard InChI is InChI=1S/C14H25Cl2F3/c1-3-4-5-6-7-8-9-12(13(2,15)16)10-11-14(17,18)19/h12H,3-11H2,1-2H3. The molecule has 0 aliphatic carbocycles. The van der Waals surface area contributed by atoms with E-state index >= 15 is 0 Å². The van der Waals surface area contributed by atoms with E-state index in [1.165, 1.54) is 19.3 Å². The van der Waals surface area contributed by atoms with E-state index in [2.05, 4.69) is 6.92 Å². The summed E-state index contributed by atoms with van der Waals surface area (Å²) in [5.41, 5.74) is 0. The highest BCUT2D eigenvalue weighted by molar-refractivity contribution is 6.48. The van der Waals surface area contributed by atoms with E-state index in [4.69, 9.17) is 23.2 Å². The molecule has 0 aliphatic heterocycles. The van der Waals surface area contributed by atoms with Gasteiger partial charge in [-0.25, -0.2) is 0 Å². The van der Waals surface area contributed by atoms with E-state index in [0.29, 0.717) is 6.42 Å². The molecule has 0 nitrogen and oxygen atoms in total. The Labute approximate surface area is 125 Å². The van der Waals surface area contributed by atoms with Crippen LogP contribution < -0.4 is 0 Å². The lowest BCUT2D eigenvalue weighted by atomic mass is 9.92. The van der Waals surface area contributed by atoms with Crippen LogP contribution in [0, 0.1) is 5.92 Å². The predicted molar refractivity (Wildman–Crippen MR) is 76.9 cm³/mol. The minimum atomic E-state index is -4.13. The van der Waals surface area contributed by atoms with E-state index in [-0.39, 0.29) is 12.3 Å². The molecule has 0 spiro atoms. The monoisotopic (exact) mass is 320 g/mol. The summed E-state index contributed by atoms with van der Waals surface area (Å²) in [4.78, 5) is 0.